The van der Waals surface area contributed by atoms with Crippen LogP contribution in [0.2, 0.25) is 0 Å². The summed E-state index contributed by atoms with van der Waals surface area (Å²) in [6.45, 7) is 2.27. The van der Waals surface area contributed by atoms with Gasteiger partial charge >= 0.3 is 0 Å². The molecule has 4 heteroatoms. The first-order valence-electron chi connectivity index (χ1n) is 5.23. The number of amides is 1. The molecule has 0 spiro atoms. The van der Waals surface area contributed by atoms with Gasteiger partial charge in [0.15, 0.2) is 0 Å². The van der Waals surface area contributed by atoms with Gasteiger partial charge in [-0.25, -0.2) is 0 Å². The van der Waals surface area contributed by atoms with Gasteiger partial charge in [-0.3, -0.25) is 4.79 Å². The first-order valence-corrected chi connectivity index (χ1v) is 5.68. The largest absolute Gasteiger partial charge is 0.393 e. The highest BCUT2D eigenvalue weighted by Gasteiger charge is 2.11. The van der Waals surface area contributed by atoms with Crippen LogP contribution < -0.4 is 0 Å². The molecule has 0 aliphatic heterocycles. The summed E-state index contributed by atoms with van der Waals surface area (Å²) < 4.78 is 0. The van der Waals surface area contributed by atoms with Gasteiger partial charge in [0.25, 0.3) is 5.91 Å². The zero-order chi connectivity index (χ0) is 12.1. The van der Waals surface area contributed by atoms with Crippen LogP contribution in [-0.4, -0.2) is 35.6 Å². The second-order valence-electron chi connectivity index (χ2n) is 3.91. The van der Waals surface area contributed by atoms with Crippen molar-refractivity contribution in [3.8, 4) is 0 Å². The van der Waals surface area contributed by atoms with E-state index in [2.05, 4.69) is 12.6 Å². The van der Waals surface area contributed by atoms with Crippen molar-refractivity contribution in [3.63, 3.8) is 0 Å². The summed E-state index contributed by atoms with van der Waals surface area (Å²) in [6, 6.07) is 7.09. The fourth-order valence-corrected chi connectivity index (χ4v) is 1.46. The van der Waals surface area contributed by atoms with Gasteiger partial charge in [0.05, 0.1) is 6.10 Å². The smallest absolute Gasteiger partial charge is 0.253 e. The van der Waals surface area contributed by atoms with Gasteiger partial charge in [-0.2, -0.15) is 0 Å². The van der Waals surface area contributed by atoms with Crippen LogP contribution in [0, 0.1) is 0 Å². The molecular weight excluding hydrogens is 222 g/mol. The molecule has 0 saturated heterocycles. The fourth-order valence-electron chi connectivity index (χ4n) is 1.31. The van der Waals surface area contributed by atoms with Gasteiger partial charge in [0.1, 0.15) is 0 Å². The third-order valence-electron chi connectivity index (χ3n) is 2.34. The SMILES string of the molecule is CC(O)CCN(C)C(=O)c1ccc(S)cc1. The van der Waals surface area contributed by atoms with Crippen LogP contribution in [0.5, 0.6) is 0 Å². The lowest BCUT2D eigenvalue weighted by atomic mass is 10.2. The minimum Gasteiger partial charge on any atom is -0.393 e. The molecule has 1 amide bonds. The maximum absolute atomic E-state index is 11.9. The standard InChI is InChI=1S/C12H17NO2S/c1-9(14)7-8-13(2)12(15)10-3-5-11(16)6-4-10/h3-6,9,14,16H,7-8H2,1-2H3. The predicted molar refractivity (Wildman–Crippen MR) is 67.0 cm³/mol. The summed E-state index contributed by atoms with van der Waals surface area (Å²) in [5.41, 5.74) is 0.644. The number of aliphatic hydroxyl groups is 1. The third-order valence-corrected chi connectivity index (χ3v) is 2.64. The predicted octanol–water partition coefficient (Wildman–Crippen LogP) is 1.82. The van der Waals surface area contributed by atoms with Gasteiger partial charge in [-0.15, -0.1) is 12.6 Å². The number of carbonyl (C=O) groups excluding carboxylic acids is 1. The normalized spacial score (nSPS) is 12.2. The Morgan fingerprint density at radius 3 is 2.50 bits per heavy atom. The minimum atomic E-state index is -0.380. The van der Waals surface area contributed by atoms with E-state index >= 15 is 0 Å². The lowest BCUT2D eigenvalue weighted by molar-refractivity contribution is 0.0769. The van der Waals surface area contributed by atoms with E-state index in [1.54, 1.807) is 43.1 Å². The lowest BCUT2D eigenvalue weighted by Gasteiger charge is -2.18. The number of hydrogen-bond acceptors (Lipinski definition) is 3. The molecule has 3 nitrogen and oxygen atoms in total. The Bertz CT molecular complexity index is 349. The lowest BCUT2D eigenvalue weighted by Crippen LogP contribution is -2.29. The molecule has 0 fully saturated rings. The molecule has 1 aromatic rings. The summed E-state index contributed by atoms with van der Waals surface area (Å²) in [5.74, 6) is -0.0333. The molecule has 0 radical (unpaired) electrons. The first-order chi connectivity index (χ1) is 7.50. The highest BCUT2D eigenvalue weighted by atomic mass is 32.1. The van der Waals surface area contributed by atoms with Crippen LogP contribution in [0.4, 0.5) is 0 Å². The van der Waals surface area contributed by atoms with Crippen molar-refractivity contribution in [2.45, 2.75) is 24.3 Å². The molecule has 0 aliphatic carbocycles. The van der Waals surface area contributed by atoms with Crippen LogP contribution >= 0.6 is 12.6 Å². The maximum Gasteiger partial charge on any atom is 0.253 e. The molecule has 0 saturated carbocycles. The average molecular weight is 239 g/mol. The van der Waals surface area contributed by atoms with Crippen LogP contribution in [0.15, 0.2) is 29.2 Å². The van der Waals surface area contributed by atoms with Crippen LogP contribution in [0.3, 0.4) is 0 Å². The zero-order valence-electron chi connectivity index (χ0n) is 9.55. The molecule has 1 unspecified atom stereocenters. The van der Waals surface area contributed by atoms with Gasteiger partial charge in [0.2, 0.25) is 0 Å². The molecule has 1 rings (SSSR count). The van der Waals surface area contributed by atoms with E-state index in [0.717, 1.165) is 4.90 Å². The number of nitrogens with zero attached hydrogens (tertiary/aromatic N) is 1. The van der Waals surface area contributed by atoms with E-state index in [9.17, 15) is 4.79 Å². The number of thiol groups is 1. The second-order valence-corrected chi connectivity index (χ2v) is 4.43. The van der Waals surface area contributed by atoms with Crippen molar-refractivity contribution in [2.75, 3.05) is 13.6 Å². The third kappa shape index (κ3) is 3.87. The van der Waals surface area contributed by atoms with Gasteiger partial charge in [-0.1, -0.05) is 0 Å². The molecule has 88 valence electrons. The Morgan fingerprint density at radius 1 is 1.44 bits per heavy atom. The zero-order valence-corrected chi connectivity index (χ0v) is 10.4. The van der Waals surface area contributed by atoms with E-state index in [-0.39, 0.29) is 12.0 Å². The fraction of sp³-hybridized carbons (Fsp3) is 0.417. The Hall–Kier alpha value is -1.00. The van der Waals surface area contributed by atoms with E-state index in [0.29, 0.717) is 18.5 Å². The van der Waals surface area contributed by atoms with Crippen molar-refractivity contribution in [3.05, 3.63) is 29.8 Å². The second kappa shape index (κ2) is 5.92. The molecule has 0 aliphatic rings. The molecule has 0 aromatic heterocycles. The molecular formula is C12H17NO2S. The molecule has 1 N–H and O–H groups in total. The van der Waals surface area contributed by atoms with E-state index < -0.39 is 0 Å². The highest BCUT2D eigenvalue weighted by molar-refractivity contribution is 7.80. The molecule has 0 bridgehead atoms. The number of hydrogen-bond donors (Lipinski definition) is 2. The molecule has 16 heavy (non-hydrogen) atoms. The quantitative estimate of drug-likeness (QED) is 0.787. The summed E-state index contributed by atoms with van der Waals surface area (Å²) in [7, 11) is 1.74. The minimum absolute atomic E-state index is 0.0333. The topological polar surface area (TPSA) is 40.5 Å². The van der Waals surface area contributed by atoms with Gasteiger partial charge in [-0.05, 0) is 37.6 Å². The van der Waals surface area contributed by atoms with E-state index in [4.69, 9.17) is 5.11 Å². The van der Waals surface area contributed by atoms with Gasteiger partial charge < -0.3 is 10.0 Å². The number of benzene rings is 1. The monoisotopic (exact) mass is 239 g/mol. The Balaban J connectivity index is 2.60. The van der Waals surface area contributed by atoms with Crippen molar-refractivity contribution in [1.82, 2.24) is 4.90 Å². The molecule has 0 heterocycles. The summed E-state index contributed by atoms with van der Waals surface area (Å²) in [4.78, 5) is 14.3. The van der Waals surface area contributed by atoms with E-state index in [1.165, 1.54) is 0 Å². The summed E-state index contributed by atoms with van der Waals surface area (Å²) >= 11 is 4.16. The summed E-state index contributed by atoms with van der Waals surface area (Å²) in [5, 5.41) is 9.14. The summed E-state index contributed by atoms with van der Waals surface area (Å²) in [6.07, 6.45) is 0.211. The number of carbonyl (C=O) groups is 1. The van der Waals surface area contributed by atoms with Crippen LogP contribution in [0.25, 0.3) is 0 Å². The van der Waals surface area contributed by atoms with Crippen LogP contribution in [-0.2, 0) is 0 Å². The van der Waals surface area contributed by atoms with Crippen molar-refractivity contribution in [2.24, 2.45) is 0 Å². The van der Waals surface area contributed by atoms with Crippen molar-refractivity contribution >= 4 is 18.5 Å². The highest BCUT2D eigenvalue weighted by Crippen LogP contribution is 2.10. The van der Waals surface area contributed by atoms with Crippen molar-refractivity contribution in [1.29, 1.82) is 0 Å². The Morgan fingerprint density at radius 2 is 2.00 bits per heavy atom. The molecule has 1 atom stereocenters. The van der Waals surface area contributed by atoms with Gasteiger partial charge in [0, 0.05) is 24.1 Å². The number of rotatable bonds is 4. The Labute approximate surface area is 101 Å². The molecule has 1 aromatic carbocycles. The number of aliphatic hydroxyl groups excluding tert-OH is 1. The van der Waals surface area contributed by atoms with E-state index in [1.807, 2.05) is 0 Å². The first kappa shape index (κ1) is 13.1. The van der Waals surface area contributed by atoms with Crippen LogP contribution in [0.1, 0.15) is 23.7 Å². The average Bonchev–Trinajstić information content (AvgIpc) is 2.26. The Kier molecular flexibility index (Phi) is 4.83. The maximum atomic E-state index is 11.9. The van der Waals surface area contributed by atoms with Crippen molar-refractivity contribution < 1.29 is 9.90 Å².